The van der Waals surface area contributed by atoms with Gasteiger partial charge in [-0.2, -0.15) is 0 Å². The lowest BCUT2D eigenvalue weighted by Gasteiger charge is -2.19. The Labute approximate surface area is 123 Å². The standard InChI is InChI=1S/C16H19BrN2/c1-18-15-7-9-16(10-8-15)19(2)12-11-13-3-5-14(17)6-4-13/h3-10,18H,11-12H2,1-2H3. The fraction of sp³-hybridized carbons (Fsp3) is 0.250. The third-order valence-corrected chi connectivity index (χ3v) is 3.77. The van der Waals surface area contributed by atoms with Crippen LogP contribution in [-0.2, 0) is 6.42 Å². The number of likely N-dealkylation sites (N-methyl/N-ethyl adjacent to an activating group) is 1. The van der Waals surface area contributed by atoms with Gasteiger partial charge in [-0.15, -0.1) is 0 Å². The molecule has 2 nitrogen and oxygen atoms in total. The summed E-state index contributed by atoms with van der Waals surface area (Å²) in [6, 6.07) is 17.0. The number of anilines is 2. The third-order valence-electron chi connectivity index (χ3n) is 3.25. The Bertz CT molecular complexity index is 505. The molecule has 0 saturated carbocycles. The normalized spacial score (nSPS) is 10.3. The van der Waals surface area contributed by atoms with E-state index in [1.807, 2.05) is 7.05 Å². The summed E-state index contributed by atoms with van der Waals surface area (Å²) in [7, 11) is 4.07. The fourth-order valence-electron chi connectivity index (χ4n) is 1.96. The summed E-state index contributed by atoms with van der Waals surface area (Å²) in [6.45, 7) is 1.01. The van der Waals surface area contributed by atoms with Crippen molar-refractivity contribution in [3.63, 3.8) is 0 Å². The predicted molar refractivity (Wildman–Crippen MR) is 87.1 cm³/mol. The average molecular weight is 319 g/mol. The number of nitrogens with one attached hydrogen (secondary N) is 1. The van der Waals surface area contributed by atoms with Crippen molar-refractivity contribution >= 4 is 27.3 Å². The summed E-state index contributed by atoms with van der Waals surface area (Å²) in [5, 5.41) is 3.13. The van der Waals surface area contributed by atoms with Gasteiger partial charge in [0.25, 0.3) is 0 Å². The summed E-state index contributed by atoms with van der Waals surface area (Å²) < 4.78 is 1.13. The largest absolute Gasteiger partial charge is 0.388 e. The first kappa shape index (κ1) is 13.9. The molecule has 2 aromatic carbocycles. The molecular formula is C16H19BrN2. The molecule has 0 spiro atoms. The fourth-order valence-corrected chi connectivity index (χ4v) is 2.22. The van der Waals surface area contributed by atoms with Crippen LogP contribution in [0.2, 0.25) is 0 Å². The Kier molecular flexibility index (Phi) is 4.86. The number of rotatable bonds is 5. The lowest BCUT2D eigenvalue weighted by Crippen LogP contribution is -2.20. The van der Waals surface area contributed by atoms with E-state index in [0.717, 1.165) is 23.1 Å². The third kappa shape index (κ3) is 4.00. The minimum Gasteiger partial charge on any atom is -0.388 e. The topological polar surface area (TPSA) is 15.3 Å². The van der Waals surface area contributed by atoms with Crippen molar-refractivity contribution in [1.82, 2.24) is 0 Å². The summed E-state index contributed by atoms with van der Waals surface area (Å²) in [5.41, 5.74) is 3.75. The van der Waals surface area contributed by atoms with Gasteiger partial charge in [0.05, 0.1) is 0 Å². The predicted octanol–water partition coefficient (Wildman–Crippen LogP) is 4.17. The van der Waals surface area contributed by atoms with Gasteiger partial charge in [-0.25, -0.2) is 0 Å². The van der Waals surface area contributed by atoms with Crippen molar-refractivity contribution in [3.8, 4) is 0 Å². The highest BCUT2D eigenvalue weighted by molar-refractivity contribution is 9.10. The van der Waals surface area contributed by atoms with E-state index in [4.69, 9.17) is 0 Å². The molecule has 1 N–H and O–H groups in total. The molecule has 19 heavy (non-hydrogen) atoms. The highest BCUT2D eigenvalue weighted by Gasteiger charge is 2.01. The number of benzene rings is 2. The van der Waals surface area contributed by atoms with Crippen LogP contribution in [-0.4, -0.2) is 20.6 Å². The zero-order valence-electron chi connectivity index (χ0n) is 11.4. The van der Waals surface area contributed by atoms with Gasteiger partial charge in [-0.3, -0.25) is 0 Å². The summed E-state index contributed by atoms with van der Waals surface area (Å²) >= 11 is 3.46. The zero-order chi connectivity index (χ0) is 13.7. The van der Waals surface area contributed by atoms with E-state index in [9.17, 15) is 0 Å². The van der Waals surface area contributed by atoms with Gasteiger partial charge in [0.1, 0.15) is 0 Å². The summed E-state index contributed by atoms with van der Waals surface area (Å²) in [5.74, 6) is 0. The molecule has 0 aliphatic heterocycles. The molecular weight excluding hydrogens is 300 g/mol. The molecule has 100 valence electrons. The first-order valence-corrected chi connectivity index (χ1v) is 7.22. The van der Waals surface area contributed by atoms with Gasteiger partial charge >= 0.3 is 0 Å². The molecule has 0 saturated heterocycles. The molecule has 0 radical (unpaired) electrons. The van der Waals surface area contributed by atoms with Gasteiger partial charge in [0, 0.05) is 36.5 Å². The van der Waals surface area contributed by atoms with Gasteiger partial charge in [0.15, 0.2) is 0 Å². The van der Waals surface area contributed by atoms with Crippen LogP contribution in [0.4, 0.5) is 11.4 Å². The molecule has 0 fully saturated rings. The zero-order valence-corrected chi connectivity index (χ0v) is 12.9. The van der Waals surface area contributed by atoms with Crippen molar-refractivity contribution in [2.24, 2.45) is 0 Å². The van der Waals surface area contributed by atoms with Crippen molar-refractivity contribution < 1.29 is 0 Å². The van der Waals surface area contributed by atoms with E-state index in [1.165, 1.54) is 11.3 Å². The average Bonchev–Trinajstić information content (AvgIpc) is 2.46. The van der Waals surface area contributed by atoms with Crippen LogP contribution in [0, 0.1) is 0 Å². The monoisotopic (exact) mass is 318 g/mol. The second-order valence-electron chi connectivity index (χ2n) is 4.59. The van der Waals surface area contributed by atoms with E-state index >= 15 is 0 Å². The second-order valence-corrected chi connectivity index (χ2v) is 5.51. The van der Waals surface area contributed by atoms with E-state index in [0.29, 0.717) is 0 Å². The van der Waals surface area contributed by atoms with E-state index < -0.39 is 0 Å². The highest BCUT2D eigenvalue weighted by Crippen LogP contribution is 2.17. The molecule has 3 heteroatoms. The highest BCUT2D eigenvalue weighted by atomic mass is 79.9. The Hall–Kier alpha value is -1.48. The Morgan fingerprint density at radius 2 is 1.63 bits per heavy atom. The Morgan fingerprint density at radius 3 is 2.21 bits per heavy atom. The van der Waals surface area contributed by atoms with Crippen LogP contribution in [0.15, 0.2) is 53.0 Å². The first-order valence-electron chi connectivity index (χ1n) is 6.42. The minimum atomic E-state index is 1.01. The van der Waals surface area contributed by atoms with Crippen LogP contribution in [0.3, 0.4) is 0 Å². The van der Waals surface area contributed by atoms with Crippen molar-refractivity contribution in [2.75, 3.05) is 30.9 Å². The molecule has 2 aromatic rings. The maximum absolute atomic E-state index is 3.46. The molecule has 2 rings (SSSR count). The molecule has 0 bridgehead atoms. The molecule has 0 aromatic heterocycles. The molecule has 0 unspecified atom stereocenters. The smallest absolute Gasteiger partial charge is 0.0365 e. The molecule has 0 aliphatic rings. The maximum atomic E-state index is 3.46. The van der Waals surface area contributed by atoms with E-state index in [-0.39, 0.29) is 0 Å². The number of nitrogens with zero attached hydrogens (tertiary/aromatic N) is 1. The number of hydrogen-bond acceptors (Lipinski definition) is 2. The number of hydrogen-bond donors (Lipinski definition) is 1. The van der Waals surface area contributed by atoms with Gasteiger partial charge in [-0.1, -0.05) is 28.1 Å². The van der Waals surface area contributed by atoms with Crippen molar-refractivity contribution in [1.29, 1.82) is 0 Å². The maximum Gasteiger partial charge on any atom is 0.0365 e. The first-order chi connectivity index (χ1) is 9.19. The number of halogens is 1. The summed E-state index contributed by atoms with van der Waals surface area (Å²) in [6.07, 6.45) is 1.05. The van der Waals surface area contributed by atoms with Gasteiger partial charge < -0.3 is 10.2 Å². The Balaban J connectivity index is 1.93. The van der Waals surface area contributed by atoms with Crippen LogP contribution in [0.1, 0.15) is 5.56 Å². The van der Waals surface area contributed by atoms with E-state index in [2.05, 4.69) is 81.7 Å². The molecule has 0 heterocycles. The van der Waals surface area contributed by atoms with E-state index in [1.54, 1.807) is 0 Å². The van der Waals surface area contributed by atoms with Crippen molar-refractivity contribution in [3.05, 3.63) is 58.6 Å². The minimum absolute atomic E-state index is 1.01. The van der Waals surface area contributed by atoms with Crippen LogP contribution >= 0.6 is 15.9 Å². The Morgan fingerprint density at radius 1 is 1.00 bits per heavy atom. The lowest BCUT2D eigenvalue weighted by molar-refractivity contribution is 0.877. The van der Waals surface area contributed by atoms with Crippen molar-refractivity contribution in [2.45, 2.75) is 6.42 Å². The second kappa shape index (κ2) is 6.62. The molecule has 0 amide bonds. The quantitative estimate of drug-likeness (QED) is 0.890. The van der Waals surface area contributed by atoms with Gasteiger partial charge in [-0.05, 0) is 48.4 Å². The molecule has 0 aliphatic carbocycles. The molecule has 0 atom stereocenters. The summed E-state index contributed by atoms with van der Waals surface area (Å²) in [4.78, 5) is 2.28. The lowest BCUT2D eigenvalue weighted by atomic mass is 10.1. The van der Waals surface area contributed by atoms with Crippen LogP contribution in [0.5, 0.6) is 0 Å². The SMILES string of the molecule is CNc1ccc(N(C)CCc2ccc(Br)cc2)cc1. The van der Waals surface area contributed by atoms with Gasteiger partial charge in [0.2, 0.25) is 0 Å². The van der Waals surface area contributed by atoms with Crippen LogP contribution < -0.4 is 10.2 Å². The van der Waals surface area contributed by atoms with Crippen LogP contribution in [0.25, 0.3) is 0 Å².